The Hall–Kier alpha value is -4.86. The topological polar surface area (TPSA) is 132 Å². The van der Waals surface area contributed by atoms with Crippen LogP contribution >= 0.6 is 0 Å². The zero-order valence-electron chi connectivity index (χ0n) is 26.3. The number of aryl methyl sites for hydroxylation is 1. The quantitative estimate of drug-likeness (QED) is 0.331. The van der Waals surface area contributed by atoms with E-state index in [0.717, 1.165) is 28.3 Å². The predicted molar refractivity (Wildman–Crippen MR) is 170 cm³/mol. The number of fused-ring (bicyclic) bond motifs is 2. The van der Waals surface area contributed by atoms with Gasteiger partial charge in [-0.25, -0.2) is 19.6 Å². The molecule has 1 aliphatic rings. The molecule has 1 N–H and O–H groups in total. The second-order valence-corrected chi connectivity index (χ2v) is 12.1. The van der Waals surface area contributed by atoms with Gasteiger partial charge in [0.1, 0.15) is 11.4 Å². The number of carbonyl (C=O) groups excluding carboxylic acids is 1. The molecule has 0 saturated carbocycles. The van der Waals surface area contributed by atoms with Gasteiger partial charge in [0, 0.05) is 45.7 Å². The van der Waals surface area contributed by atoms with Crippen LogP contribution in [0.5, 0.6) is 0 Å². The largest absolute Gasteiger partial charge is 0.444 e. The van der Waals surface area contributed by atoms with Crippen molar-refractivity contribution in [3.63, 3.8) is 0 Å². The molecule has 1 aliphatic heterocycles. The standard InChI is InChI=1S/C31H39N9O4/c1-8-9-17-39-24-26(35-28(39)38-16-12-13-20(18-38)32-29(42)44-31(2,3)4)37(7)30(43)40(27(24)41)19-23-33-22-15-11-10-14-21(22)25(34-23)36(5)6/h10-11,14-15,20H,12-13,16-19H2,1-7H3,(H,32,42). The number of ether oxygens (including phenoxy) is 1. The van der Waals surface area contributed by atoms with Gasteiger partial charge in [-0.3, -0.25) is 18.5 Å². The van der Waals surface area contributed by atoms with E-state index in [9.17, 15) is 14.4 Å². The van der Waals surface area contributed by atoms with E-state index in [-0.39, 0.29) is 30.3 Å². The minimum atomic E-state index is -0.609. The maximum absolute atomic E-state index is 14.1. The Balaban J connectivity index is 1.57. The number of amides is 1. The van der Waals surface area contributed by atoms with Crippen LogP contribution in [0.3, 0.4) is 0 Å². The number of para-hydroxylation sites is 1. The van der Waals surface area contributed by atoms with Gasteiger partial charge in [-0.2, -0.15) is 4.98 Å². The van der Waals surface area contributed by atoms with Gasteiger partial charge in [-0.15, -0.1) is 5.92 Å². The molecule has 1 saturated heterocycles. The summed E-state index contributed by atoms with van der Waals surface area (Å²) in [6, 6.07) is 7.45. The lowest BCUT2D eigenvalue weighted by atomic mass is 10.1. The average molecular weight is 602 g/mol. The van der Waals surface area contributed by atoms with Gasteiger partial charge in [-0.1, -0.05) is 18.1 Å². The van der Waals surface area contributed by atoms with E-state index in [1.54, 1.807) is 18.5 Å². The smallest absolute Gasteiger partial charge is 0.407 e. The number of hydrogen-bond donors (Lipinski definition) is 1. The number of nitrogens with zero attached hydrogens (tertiary/aromatic N) is 8. The zero-order chi connectivity index (χ0) is 31.8. The maximum Gasteiger partial charge on any atom is 0.407 e. The van der Waals surface area contributed by atoms with E-state index in [0.29, 0.717) is 30.7 Å². The van der Waals surface area contributed by atoms with Crippen molar-refractivity contribution in [1.29, 1.82) is 0 Å². The van der Waals surface area contributed by atoms with Crippen LogP contribution in [0.4, 0.5) is 16.6 Å². The van der Waals surface area contributed by atoms with Crippen molar-refractivity contribution in [2.24, 2.45) is 7.05 Å². The molecule has 1 atom stereocenters. The third-order valence-corrected chi connectivity index (χ3v) is 7.40. The molecule has 13 heteroatoms. The van der Waals surface area contributed by atoms with Gasteiger partial charge in [0.25, 0.3) is 5.56 Å². The molecule has 44 heavy (non-hydrogen) atoms. The molecule has 0 radical (unpaired) electrons. The highest BCUT2D eigenvalue weighted by Crippen LogP contribution is 2.25. The average Bonchev–Trinajstić information content (AvgIpc) is 3.35. The van der Waals surface area contributed by atoms with Crippen molar-refractivity contribution >= 4 is 39.9 Å². The van der Waals surface area contributed by atoms with Crippen molar-refractivity contribution in [3.05, 3.63) is 50.9 Å². The molecule has 13 nitrogen and oxygen atoms in total. The number of anilines is 2. The van der Waals surface area contributed by atoms with Crippen LogP contribution in [0, 0.1) is 11.8 Å². The van der Waals surface area contributed by atoms with Crippen molar-refractivity contribution in [2.75, 3.05) is 37.0 Å². The summed E-state index contributed by atoms with van der Waals surface area (Å²) in [6.45, 7) is 8.40. The second kappa shape index (κ2) is 12.0. The van der Waals surface area contributed by atoms with Crippen LogP contribution < -0.4 is 26.4 Å². The Bertz CT molecular complexity index is 1900. The van der Waals surface area contributed by atoms with Crippen molar-refractivity contribution < 1.29 is 9.53 Å². The van der Waals surface area contributed by atoms with Gasteiger partial charge < -0.3 is 19.9 Å². The van der Waals surface area contributed by atoms with Gasteiger partial charge in [0.2, 0.25) is 5.95 Å². The molecule has 5 rings (SSSR count). The van der Waals surface area contributed by atoms with Crippen molar-refractivity contribution in [3.8, 4) is 11.8 Å². The van der Waals surface area contributed by atoms with Crippen LogP contribution in [-0.4, -0.2) is 73.6 Å². The Labute approximate surface area is 255 Å². The summed E-state index contributed by atoms with van der Waals surface area (Å²) >= 11 is 0. The van der Waals surface area contributed by atoms with E-state index in [1.165, 1.54) is 4.57 Å². The lowest BCUT2D eigenvalue weighted by Crippen LogP contribution is -2.49. The highest BCUT2D eigenvalue weighted by atomic mass is 16.6. The molecule has 0 spiro atoms. The summed E-state index contributed by atoms with van der Waals surface area (Å²) in [5, 5.41) is 3.83. The fourth-order valence-corrected chi connectivity index (χ4v) is 5.46. The molecule has 1 unspecified atom stereocenters. The van der Waals surface area contributed by atoms with E-state index in [4.69, 9.17) is 14.7 Å². The van der Waals surface area contributed by atoms with Gasteiger partial charge in [-0.05, 0) is 52.7 Å². The number of aromatic nitrogens is 6. The van der Waals surface area contributed by atoms with E-state index < -0.39 is 22.9 Å². The van der Waals surface area contributed by atoms with E-state index in [1.807, 2.05) is 68.9 Å². The number of nitrogens with one attached hydrogen (secondary N) is 1. The summed E-state index contributed by atoms with van der Waals surface area (Å²) in [5.74, 6) is 7.51. The molecule has 3 aromatic heterocycles. The van der Waals surface area contributed by atoms with Gasteiger partial charge in [0.05, 0.1) is 18.6 Å². The third-order valence-electron chi connectivity index (χ3n) is 7.40. The predicted octanol–water partition coefficient (Wildman–Crippen LogP) is 2.47. The Morgan fingerprint density at radius 2 is 1.89 bits per heavy atom. The number of imidazole rings is 1. The fourth-order valence-electron chi connectivity index (χ4n) is 5.46. The van der Waals surface area contributed by atoms with Gasteiger partial charge in [0.15, 0.2) is 17.0 Å². The van der Waals surface area contributed by atoms with Crippen molar-refractivity contribution in [1.82, 2.24) is 34.0 Å². The molecule has 1 fully saturated rings. The number of hydrogen-bond acceptors (Lipinski definition) is 9. The summed E-state index contributed by atoms with van der Waals surface area (Å²) in [4.78, 5) is 58.2. The highest BCUT2D eigenvalue weighted by molar-refractivity contribution is 5.89. The first-order chi connectivity index (χ1) is 20.9. The van der Waals surface area contributed by atoms with Crippen LogP contribution in [0.1, 0.15) is 46.4 Å². The summed E-state index contributed by atoms with van der Waals surface area (Å²) in [5.41, 5.74) is -0.380. The number of rotatable bonds is 6. The first-order valence-electron chi connectivity index (χ1n) is 14.6. The van der Waals surface area contributed by atoms with Crippen LogP contribution in [0.15, 0.2) is 33.9 Å². The van der Waals surface area contributed by atoms with E-state index >= 15 is 0 Å². The Morgan fingerprint density at radius 3 is 2.59 bits per heavy atom. The Morgan fingerprint density at radius 1 is 1.14 bits per heavy atom. The second-order valence-electron chi connectivity index (χ2n) is 12.1. The van der Waals surface area contributed by atoms with Crippen LogP contribution in [0.25, 0.3) is 22.1 Å². The summed E-state index contributed by atoms with van der Waals surface area (Å²) < 4.78 is 9.74. The number of piperidine rings is 1. The summed E-state index contributed by atoms with van der Waals surface area (Å²) in [7, 11) is 5.38. The van der Waals surface area contributed by atoms with Crippen LogP contribution in [-0.2, 0) is 24.9 Å². The third kappa shape index (κ3) is 6.10. The zero-order valence-corrected chi connectivity index (χ0v) is 26.3. The number of alkyl carbamates (subject to hydrolysis) is 1. The maximum atomic E-state index is 14.1. The minimum absolute atomic E-state index is 0.112. The Kier molecular flexibility index (Phi) is 8.36. The molecule has 0 bridgehead atoms. The molecule has 1 aromatic carbocycles. The lowest BCUT2D eigenvalue weighted by molar-refractivity contribution is 0.0499. The van der Waals surface area contributed by atoms with Crippen LogP contribution in [0.2, 0.25) is 0 Å². The number of carbonyl (C=O) groups is 1. The van der Waals surface area contributed by atoms with Crippen molar-refractivity contribution in [2.45, 2.75) is 65.3 Å². The first kappa shape index (κ1) is 30.6. The molecule has 1 amide bonds. The first-order valence-corrected chi connectivity index (χ1v) is 14.6. The molecular formula is C31H39N9O4. The molecule has 4 heterocycles. The monoisotopic (exact) mass is 601 g/mol. The van der Waals surface area contributed by atoms with E-state index in [2.05, 4.69) is 22.1 Å². The lowest BCUT2D eigenvalue weighted by Gasteiger charge is -2.34. The number of benzene rings is 1. The highest BCUT2D eigenvalue weighted by Gasteiger charge is 2.29. The SMILES string of the molecule is CC#CCn1c(N2CCCC(NC(=O)OC(C)(C)C)C2)nc2c1c(=O)n(Cc1nc(N(C)C)c3ccccc3n1)c(=O)n2C. The minimum Gasteiger partial charge on any atom is -0.444 e. The molecular weight excluding hydrogens is 562 g/mol. The van der Waals surface area contributed by atoms with Gasteiger partial charge >= 0.3 is 11.8 Å². The fraction of sp³-hybridized carbons (Fsp3) is 0.484. The molecule has 0 aliphatic carbocycles. The normalized spacial score (nSPS) is 15.2. The summed E-state index contributed by atoms with van der Waals surface area (Å²) in [6.07, 6.45) is 1.09. The molecule has 232 valence electrons. The molecule has 4 aromatic rings.